The highest BCUT2D eigenvalue weighted by Crippen LogP contribution is 2.23. The molecule has 0 atom stereocenters. The number of nitrogens with zero attached hydrogens (tertiary/aromatic N) is 2. The predicted octanol–water partition coefficient (Wildman–Crippen LogP) is 0.349. The molecule has 1 aliphatic heterocycles. The van der Waals surface area contributed by atoms with E-state index in [-0.39, 0.29) is 18.9 Å². The van der Waals surface area contributed by atoms with Gasteiger partial charge in [-0.3, -0.25) is 24.6 Å². The van der Waals surface area contributed by atoms with Crippen molar-refractivity contribution in [2.75, 3.05) is 19.6 Å². The van der Waals surface area contributed by atoms with E-state index in [1.807, 2.05) is 13.8 Å². The van der Waals surface area contributed by atoms with Gasteiger partial charge in [0.25, 0.3) is 0 Å². The molecule has 5 amide bonds. The normalized spacial score (nSPS) is 18.0. The minimum atomic E-state index is -1.29. The number of carbonyl (C=O) groups is 4. The number of amides is 5. The monoisotopic (exact) mass is 283 g/mol. The van der Waals surface area contributed by atoms with E-state index in [2.05, 4.69) is 5.32 Å². The maximum absolute atomic E-state index is 12.1. The summed E-state index contributed by atoms with van der Waals surface area (Å²) in [6.07, 6.45) is 0.0606. The van der Waals surface area contributed by atoms with Crippen molar-refractivity contribution >= 4 is 23.8 Å². The summed E-state index contributed by atoms with van der Waals surface area (Å²) in [4.78, 5) is 49.8. The third-order valence-electron chi connectivity index (χ3n) is 3.48. The summed E-state index contributed by atoms with van der Waals surface area (Å²) in [5.74, 6) is -1.30. The molecule has 1 saturated heterocycles. The van der Waals surface area contributed by atoms with Gasteiger partial charge in [-0.2, -0.15) is 0 Å². The third-order valence-corrected chi connectivity index (χ3v) is 3.48. The predicted molar refractivity (Wildman–Crippen MR) is 71.6 cm³/mol. The molecule has 0 aliphatic carbocycles. The second-order valence-electron chi connectivity index (χ2n) is 5.16. The molecule has 1 fully saturated rings. The first-order chi connectivity index (χ1) is 9.25. The second kappa shape index (κ2) is 6.02. The Morgan fingerprint density at radius 2 is 1.75 bits per heavy atom. The lowest BCUT2D eigenvalue weighted by Crippen LogP contribution is -2.62. The zero-order valence-electron chi connectivity index (χ0n) is 12.4. The number of hydrogen-bond acceptors (Lipinski definition) is 4. The molecule has 1 heterocycles. The lowest BCUT2D eigenvalue weighted by molar-refractivity contribution is -0.149. The fraction of sp³-hybridized carbons (Fsp3) is 0.692. The van der Waals surface area contributed by atoms with Crippen LogP contribution in [-0.4, -0.2) is 53.2 Å². The quantitative estimate of drug-likeness (QED) is 0.738. The van der Waals surface area contributed by atoms with Crippen LogP contribution in [0.3, 0.4) is 0 Å². The van der Waals surface area contributed by atoms with E-state index >= 15 is 0 Å². The minimum Gasteiger partial charge on any atom is -0.343 e. The van der Waals surface area contributed by atoms with Gasteiger partial charge >= 0.3 is 6.03 Å². The van der Waals surface area contributed by atoms with Crippen molar-refractivity contribution in [2.24, 2.45) is 5.41 Å². The molecule has 1 N–H and O–H groups in total. The largest absolute Gasteiger partial charge is 0.343 e. The van der Waals surface area contributed by atoms with Gasteiger partial charge in [-0.25, -0.2) is 4.79 Å². The standard InChI is InChI=1S/C13H21N3O4/c1-5-15(6-2)9(17)7-8-16-11(19)13(3,4)10(18)14-12(16)20/h5-8H2,1-4H3,(H,14,18,20). The maximum Gasteiger partial charge on any atom is 0.330 e. The van der Waals surface area contributed by atoms with Crippen LogP contribution in [0.25, 0.3) is 0 Å². The minimum absolute atomic E-state index is 0.0172. The average Bonchev–Trinajstić information content (AvgIpc) is 2.38. The van der Waals surface area contributed by atoms with Gasteiger partial charge in [0.2, 0.25) is 17.7 Å². The van der Waals surface area contributed by atoms with E-state index in [1.54, 1.807) is 4.90 Å². The van der Waals surface area contributed by atoms with Crippen LogP contribution in [0.1, 0.15) is 34.1 Å². The van der Waals surface area contributed by atoms with E-state index in [0.717, 1.165) is 4.90 Å². The maximum atomic E-state index is 12.1. The van der Waals surface area contributed by atoms with Crippen molar-refractivity contribution in [1.29, 1.82) is 0 Å². The van der Waals surface area contributed by atoms with Crippen LogP contribution in [-0.2, 0) is 14.4 Å². The van der Waals surface area contributed by atoms with Gasteiger partial charge in [-0.05, 0) is 27.7 Å². The molecule has 7 nitrogen and oxygen atoms in total. The Balaban J connectivity index is 2.72. The molecule has 0 aromatic heterocycles. The molecule has 0 unspecified atom stereocenters. The second-order valence-corrected chi connectivity index (χ2v) is 5.16. The first kappa shape index (κ1) is 16.1. The number of carbonyl (C=O) groups excluding carboxylic acids is 4. The molecule has 0 spiro atoms. The van der Waals surface area contributed by atoms with Crippen LogP contribution in [0.5, 0.6) is 0 Å². The van der Waals surface area contributed by atoms with Gasteiger partial charge in [0.1, 0.15) is 5.41 Å². The molecule has 112 valence electrons. The summed E-state index contributed by atoms with van der Waals surface area (Å²) < 4.78 is 0. The van der Waals surface area contributed by atoms with E-state index in [4.69, 9.17) is 0 Å². The molecule has 7 heteroatoms. The van der Waals surface area contributed by atoms with Gasteiger partial charge in [0.05, 0.1) is 0 Å². The van der Waals surface area contributed by atoms with Crippen LogP contribution < -0.4 is 5.32 Å². The molecule has 0 aromatic rings. The van der Waals surface area contributed by atoms with E-state index in [1.165, 1.54) is 13.8 Å². The molecule has 1 aliphatic rings. The zero-order valence-corrected chi connectivity index (χ0v) is 12.4. The van der Waals surface area contributed by atoms with Gasteiger partial charge in [0, 0.05) is 26.1 Å². The molecule has 20 heavy (non-hydrogen) atoms. The van der Waals surface area contributed by atoms with Crippen LogP contribution in [0.4, 0.5) is 4.79 Å². The smallest absolute Gasteiger partial charge is 0.330 e. The van der Waals surface area contributed by atoms with Gasteiger partial charge in [-0.1, -0.05) is 0 Å². The lowest BCUT2D eigenvalue weighted by Gasteiger charge is -2.34. The molecule has 0 saturated carbocycles. The Morgan fingerprint density at radius 1 is 1.20 bits per heavy atom. The number of rotatable bonds is 5. The number of nitrogens with one attached hydrogen (secondary N) is 1. The number of barbiturate groups is 1. The molecular weight excluding hydrogens is 262 g/mol. The van der Waals surface area contributed by atoms with E-state index in [0.29, 0.717) is 13.1 Å². The van der Waals surface area contributed by atoms with Crippen molar-refractivity contribution in [3.05, 3.63) is 0 Å². The summed E-state index contributed by atoms with van der Waals surface area (Å²) in [6, 6.07) is -0.758. The molecule has 0 bridgehead atoms. The van der Waals surface area contributed by atoms with E-state index < -0.39 is 23.3 Å². The summed E-state index contributed by atoms with van der Waals surface area (Å²) >= 11 is 0. The lowest BCUT2D eigenvalue weighted by atomic mass is 9.89. The van der Waals surface area contributed by atoms with E-state index in [9.17, 15) is 19.2 Å². The highest BCUT2D eigenvalue weighted by Gasteiger charge is 2.46. The molecular formula is C13H21N3O4. The van der Waals surface area contributed by atoms with Crippen molar-refractivity contribution in [2.45, 2.75) is 34.1 Å². The fourth-order valence-electron chi connectivity index (χ4n) is 1.99. The van der Waals surface area contributed by atoms with Crippen molar-refractivity contribution in [3.63, 3.8) is 0 Å². The van der Waals surface area contributed by atoms with Crippen molar-refractivity contribution in [3.8, 4) is 0 Å². The van der Waals surface area contributed by atoms with Gasteiger partial charge < -0.3 is 4.90 Å². The van der Waals surface area contributed by atoms with Crippen molar-refractivity contribution in [1.82, 2.24) is 15.1 Å². The van der Waals surface area contributed by atoms with Crippen LogP contribution in [0.2, 0.25) is 0 Å². The zero-order chi connectivity index (χ0) is 15.5. The summed E-state index contributed by atoms with van der Waals surface area (Å²) in [7, 11) is 0. The summed E-state index contributed by atoms with van der Waals surface area (Å²) in [6.45, 7) is 7.78. The topological polar surface area (TPSA) is 86.8 Å². The third kappa shape index (κ3) is 2.97. The molecule has 0 aromatic carbocycles. The number of urea groups is 1. The first-order valence-electron chi connectivity index (χ1n) is 6.70. The SMILES string of the molecule is CCN(CC)C(=O)CCN1C(=O)NC(=O)C(C)(C)C1=O. The Kier molecular flexibility index (Phi) is 4.86. The summed E-state index contributed by atoms with van der Waals surface area (Å²) in [5.41, 5.74) is -1.29. The van der Waals surface area contributed by atoms with Crippen LogP contribution in [0, 0.1) is 5.41 Å². The number of hydrogen-bond donors (Lipinski definition) is 1. The fourth-order valence-corrected chi connectivity index (χ4v) is 1.99. The van der Waals surface area contributed by atoms with Crippen molar-refractivity contribution < 1.29 is 19.2 Å². The first-order valence-corrected chi connectivity index (χ1v) is 6.70. The number of imide groups is 2. The Labute approximate surface area is 118 Å². The molecule has 1 rings (SSSR count). The van der Waals surface area contributed by atoms with Crippen LogP contribution in [0.15, 0.2) is 0 Å². The van der Waals surface area contributed by atoms with Crippen LogP contribution >= 0.6 is 0 Å². The molecule has 0 radical (unpaired) electrons. The average molecular weight is 283 g/mol. The van der Waals surface area contributed by atoms with Gasteiger partial charge in [0.15, 0.2) is 0 Å². The Morgan fingerprint density at radius 3 is 2.25 bits per heavy atom. The Bertz CT molecular complexity index is 441. The highest BCUT2D eigenvalue weighted by molar-refractivity contribution is 6.18. The summed E-state index contributed by atoms with van der Waals surface area (Å²) in [5, 5.41) is 2.13. The Hall–Kier alpha value is -1.92. The van der Waals surface area contributed by atoms with Gasteiger partial charge in [-0.15, -0.1) is 0 Å². The highest BCUT2D eigenvalue weighted by atomic mass is 16.2.